The molecule has 1 aromatic carbocycles. The number of aryl methyl sites for hydroxylation is 2. The predicted molar refractivity (Wildman–Crippen MR) is 55.3 cm³/mol. The molecule has 0 unspecified atom stereocenters. The Hall–Kier alpha value is -1.31. The first kappa shape index (κ1) is 8.30. The summed E-state index contributed by atoms with van der Waals surface area (Å²) in [7, 11) is 0. The average molecular weight is 174 g/mol. The summed E-state index contributed by atoms with van der Waals surface area (Å²) in [6.45, 7) is 6.14. The summed E-state index contributed by atoms with van der Waals surface area (Å²) in [5.41, 5.74) is 3.88. The van der Waals surface area contributed by atoms with E-state index in [2.05, 4.69) is 42.4 Å². The summed E-state index contributed by atoms with van der Waals surface area (Å²) in [6.07, 6.45) is 0. The molecule has 2 nitrogen and oxygen atoms in total. The number of benzene rings is 1. The minimum Gasteiger partial charge on any atom is -0.368 e. The summed E-state index contributed by atoms with van der Waals surface area (Å²) in [4.78, 5) is 4.43. The van der Waals surface area contributed by atoms with Crippen molar-refractivity contribution in [1.82, 2.24) is 5.32 Å². The minimum absolute atomic E-state index is 0.906. The Morgan fingerprint density at radius 1 is 1.23 bits per heavy atom. The summed E-state index contributed by atoms with van der Waals surface area (Å²) in [6, 6.07) is 6.35. The number of hydrogen-bond acceptors (Lipinski definition) is 2. The third-order valence-corrected chi connectivity index (χ3v) is 2.39. The monoisotopic (exact) mass is 174 g/mol. The molecule has 2 heteroatoms. The number of rotatable bonds is 1. The van der Waals surface area contributed by atoms with Gasteiger partial charge in [0.15, 0.2) is 0 Å². The van der Waals surface area contributed by atoms with Gasteiger partial charge in [0.05, 0.1) is 6.54 Å². The first-order valence-corrected chi connectivity index (χ1v) is 4.64. The normalized spacial score (nSPS) is 15.4. The summed E-state index contributed by atoms with van der Waals surface area (Å²) >= 11 is 0. The highest BCUT2D eigenvalue weighted by molar-refractivity contribution is 6.02. The lowest BCUT2D eigenvalue weighted by molar-refractivity contribution is 0.959. The number of aliphatic imine (C=N–C) groups is 1. The first-order valence-electron chi connectivity index (χ1n) is 4.64. The van der Waals surface area contributed by atoms with Gasteiger partial charge in [0.25, 0.3) is 0 Å². The highest BCUT2D eigenvalue weighted by Gasteiger charge is 2.11. The smallest absolute Gasteiger partial charge is 0.128 e. The Morgan fingerprint density at radius 2 is 1.92 bits per heavy atom. The van der Waals surface area contributed by atoms with Gasteiger partial charge in [-0.05, 0) is 25.0 Å². The largest absolute Gasteiger partial charge is 0.368 e. The van der Waals surface area contributed by atoms with Gasteiger partial charge in [0.2, 0.25) is 0 Å². The number of hydrogen-bond donors (Lipinski definition) is 1. The van der Waals surface area contributed by atoms with Crippen molar-refractivity contribution in [2.75, 3.05) is 13.1 Å². The lowest BCUT2D eigenvalue weighted by atomic mass is 10.0. The standard InChI is InChI=1S/C11H14N2/c1-8-4-3-5-9(2)10(8)11-12-6-7-13-11/h3-5H,6-7H2,1-2H3,(H,12,13). The summed E-state index contributed by atoms with van der Waals surface area (Å²) in [5, 5.41) is 3.30. The molecule has 0 atom stereocenters. The molecule has 68 valence electrons. The molecule has 0 amide bonds. The van der Waals surface area contributed by atoms with Crippen LogP contribution >= 0.6 is 0 Å². The van der Waals surface area contributed by atoms with E-state index in [0.717, 1.165) is 18.9 Å². The third-order valence-electron chi connectivity index (χ3n) is 2.39. The van der Waals surface area contributed by atoms with Crippen molar-refractivity contribution in [3.05, 3.63) is 34.9 Å². The lowest BCUT2D eigenvalue weighted by Gasteiger charge is -2.09. The lowest BCUT2D eigenvalue weighted by Crippen LogP contribution is -2.21. The average Bonchev–Trinajstić information content (AvgIpc) is 2.57. The Bertz CT molecular complexity index is 333. The van der Waals surface area contributed by atoms with Crippen molar-refractivity contribution in [2.45, 2.75) is 13.8 Å². The summed E-state index contributed by atoms with van der Waals surface area (Å²) in [5.74, 6) is 1.07. The molecule has 1 aliphatic heterocycles. The molecule has 1 heterocycles. The van der Waals surface area contributed by atoms with E-state index in [1.54, 1.807) is 0 Å². The van der Waals surface area contributed by atoms with Gasteiger partial charge in [-0.2, -0.15) is 0 Å². The van der Waals surface area contributed by atoms with Crippen LogP contribution in [0.15, 0.2) is 23.2 Å². The van der Waals surface area contributed by atoms with E-state index in [0.29, 0.717) is 0 Å². The Morgan fingerprint density at radius 3 is 2.46 bits per heavy atom. The molecule has 0 aliphatic carbocycles. The maximum Gasteiger partial charge on any atom is 0.128 e. The van der Waals surface area contributed by atoms with Crippen LogP contribution in [0.5, 0.6) is 0 Å². The fourth-order valence-corrected chi connectivity index (χ4v) is 1.75. The highest BCUT2D eigenvalue weighted by atomic mass is 15.1. The SMILES string of the molecule is Cc1cccc(C)c1C1=NCCN1. The molecule has 0 radical (unpaired) electrons. The van der Waals surface area contributed by atoms with E-state index in [9.17, 15) is 0 Å². The van der Waals surface area contributed by atoms with E-state index >= 15 is 0 Å². The van der Waals surface area contributed by atoms with Crippen LogP contribution in [0.2, 0.25) is 0 Å². The van der Waals surface area contributed by atoms with Crippen molar-refractivity contribution < 1.29 is 0 Å². The van der Waals surface area contributed by atoms with Gasteiger partial charge in [-0.3, -0.25) is 4.99 Å². The van der Waals surface area contributed by atoms with Crippen LogP contribution in [-0.4, -0.2) is 18.9 Å². The first-order chi connectivity index (χ1) is 6.29. The molecule has 13 heavy (non-hydrogen) atoms. The third kappa shape index (κ3) is 1.44. The van der Waals surface area contributed by atoms with Gasteiger partial charge in [-0.15, -0.1) is 0 Å². The van der Waals surface area contributed by atoms with Gasteiger partial charge in [-0.1, -0.05) is 18.2 Å². The molecular formula is C11H14N2. The van der Waals surface area contributed by atoms with Crippen molar-refractivity contribution in [2.24, 2.45) is 4.99 Å². The summed E-state index contributed by atoms with van der Waals surface area (Å²) < 4.78 is 0. The van der Waals surface area contributed by atoms with Crippen LogP contribution in [0.25, 0.3) is 0 Å². The topological polar surface area (TPSA) is 24.4 Å². The van der Waals surface area contributed by atoms with Crippen LogP contribution in [0.4, 0.5) is 0 Å². The maximum absolute atomic E-state index is 4.43. The maximum atomic E-state index is 4.43. The second kappa shape index (κ2) is 3.21. The molecule has 0 fully saturated rings. The van der Waals surface area contributed by atoms with E-state index in [-0.39, 0.29) is 0 Å². The highest BCUT2D eigenvalue weighted by Crippen LogP contribution is 2.14. The van der Waals surface area contributed by atoms with E-state index in [4.69, 9.17) is 0 Å². The fraction of sp³-hybridized carbons (Fsp3) is 0.364. The molecule has 1 N–H and O–H groups in total. The van der Waals surface area contributed by atoms with Crippen molar-refractivity contribution in [3.63, 3.8) is 0 Å². The van der Waals surface area contributed by atoms with Crippen LogP contribution in [0.1, 0.15) is 16.7 Å². The Balaban J connectivity index is 2.49. The minimum atomic E-state index is 0.906. The zero-order chi connectivity index (χ0) is 9.26. The second-order valence-corrected chi connectivity index (χ2v) is 3.42. The molecular weight excluding hydrogens is 160 g/mol. The van der Waals surface area contributed by atoms with Gasteiger partial charge < -0.3 is 5.32 Å². The zero-order valence-electron chi connectivity index (χ0n) is 8.09. The molecule has 1 aromatic rings. The van der Waals surface area contributed by atoms with Gasteiger partial charge in [-0.25, -0.2) is 0 Å². The van der Waals surface area contributed by atoms with Gasteiger partial charge in [0.1, 0.15) is 5.84 Å². The molecule has 1 aliphatic rings. The Kier molecular flexibility index (Phi) is 2.05. The van der Waals surface area contributed by atoms with Gasteiger partial charge in [0, 0.05) is 12.1 Å². The molecule has 0 spiro atoms. The van der Waals surface area contributed by atoms with Crippen LogP contribution in [-0.2, 0) is 0 Å². The van der Waals surface area contributed by atoms with Crippen molar-refractivity contribution >= 4 is 5.84 Å². The molecule has 0 saturated heterocycles. The zero-order valence-corrected chi connectivity index (χ0v) is 8.09. The van der Waals surface area contributed by atoms with E-state index < -0.39 is 0 Å². The number of nitrogens with zero attached hydrogens (tertiary/aromatic N) is 1. The molecule has 0 bridgehead atoms. The van der Waals surface area contributed by atoms with Crippen molar-refractivity contribution in [3.8, 4) is 0 Å². The van der Waals surface area contributed by atoms with E-state index in [1.807, 2.05) is 0 Å². The van der Waals surface area contributed by atoms with Crippen LogP contribution in [0.3, 0.4) is 0 Å². The number of amidine groups is 1. The predicted octanol–water partition coefficient (Wildman–Crippen LogP) is 1.65. The molecule has 0 aromatic heterocycles. The van der Waals surface area contributed by atoms with E-state index in [1.165, 1.54) is 16.7 Å². The van der Waals surface area contributed by atoms with Crippen LogP contribution in [0, 0.1) is 13.8 Å². The Labute approximate surface area is 78.7 Å². The molecule has 0 saturated carbocycles. The quantitative estimate of drug-likeness (QED) is 0.688. The number of nitrogens with one attached hydrogen (secondary N) is 1. The fourth-order valence-electron chi connectivity index (χ4n) is 1.75. The van der Waals surface area contributed by atoms with Gasteiger partial charge >= 0.3 is 0 Å². The second-order valence-electron chi connectivity index (χ2n) is 3.42. The van der Waals surface area contributed by atoms with Crippen LogP contribution < -0.4 is 5.32 Å². The van der Waals surface area contributed by atoms with Crippen molar-refractivity contribution in [1.29, 1.82) is 0 Å². The molecule has 2 rings (SSSR count).